The van der Waals surface area contributed by atoms with Crippen LogP contribution in [0.4, 0.5) is 5.69 Å². The topological polar surface area (TPSA) is 55.4 Å². The van der Waals surface area contributed by atoms with E-state index >= 15 is 0 Å². The molecule has 2 rings (SSSR count). The first-order valence-corrected chi connectivity index (χ1v) is 8.05. The largest absolute Gasteiger partial charge is 0.455 e. The molecule has 2 aromatic rings. The van der Waals surface area contributed by atoms with Crippen molar-refractivity contribution in [2.45, 2.75) is 33.1 Å². The van der Waals surface area contributed by atoms with Crippen LogP contribution < -0.4 is 5.32 Å². The van der Waals surface area contributed by atoms with E-state index in [0.717, 1.165) is 11.1 Å². The predicted octanol–water partition coefficient (Wildman–Crippen LogP) is 3.84. The Morgan fingerprint density at radius 1 is 1.08 bits per heavy atom. The molecular weight excluding hydrogens is 302 g/mol. The minimum atomic E-state index is -0.411. The van der Waals surface area contributed by atoms with Crippen LogP contribution >= 0.6 is 0 Å². The van der Waals surface area contributed by atoms with E-state index in [4.69, 9.17) is 4.74 Å². The fourth-order valence-electron chi connectivity index (χ4n) is 2.33. The Labute approximate surface area is 142 Å². The molecule has 0 aliphatic heterocycles. The summed E-state index contributed by atoms with van der Waals surface area (Å²) in [6.07, 6.45) is 0.165. The van der Waals surface area contributed by atoms with E-state index in [9.17, 15) is 9.59 Å². The summed E-state index contributed by atoms with van der Waals surface area (Å²) in [5.74, 6) is -0.312. The maximum Gasteiger partial charge on any atom is 0.310 e. The molecule has 0 bridgehead atoms. The molecule has 0 aliphatic rings. The van der Waals surface area contributed by atoms with Crippen molar-refractivity contribution in [1.29, 1.82) is 0 Å². The van der Waals surface area contributed by atoms with Crippen LogP contribution in [0.5, 0.6) is 0 Å². The average molecular weight is 325 g/mol. The smallest absolute Gasteiger partial charge is 0.310 e. The van der Waals surface area contributed by atoms with Crippen molar-refractivity contribution >= 4 is 17.6 Å². The molecule has 0 fully saturated rings. The van der Waals surface area contributed by atoms with Gasteiger partial charge in [-0.1, -0.05) is 55.8 Å². The molecule has 0 atom stereocenters. The molecule has 0 aromatic heterocycles. The number of amides is 1. The highest BCUT2D eigenvalue weighted by Gasteiger charge is 2.09. The number of nitrogens with one attached hydrogen (secondary N) is 1. The third kappa shape index (κ3) is 5.54. The number of rotatable bonds is 6. The molecule has 0 aliphatic carbocycles. The Kier molecular flexibility index (Phi) is 6.13. The van der Waals surface area contributed by atoms with Gasteiger partial charge >= 0.3 is 5.97 Å². The zero-order valence-corrected chi connectivity index (χ0v) is 14.3. The van der Waals surface area contributed by atoms with Gasteiger partial charge in [0.1, 0.15) is 0 Å². The second-order valence-corrected chi connectivity index (χ2v) is 6.15. The molecule has 0 unspecified atom stereocenters. The summed E-state index contributed by atoms with van der Waals surface area (Å²) >= 11 is 0. The molecule has 0 saturated heterocycles. The third-order valence-corrected chi connectivity index (χ3v) is 3.66. The number of carbonyl (C=O) groups excluding carboxylic acids is 2. The lowest BCUT2D eigenvalue weighted by atomic mass is 10.0. The molecule has 24 heavy (non-hydrogen) atoms. The van der Waals surface area contributed by atoms with Gasteiger partial charge in [0, 0.05) is 5.69 Å². The summed E-state index contributed by atoms with van der Waals surface area (Å²) in [6.45, 7) is 5.91. The van der Waals surface area contributed by atoms with Gasteiger partial charge in [0.25, 0.3) is 5.91 Å². The second kappa shape index (κ2) is 8.29. The van der Waals surface area contributed by atoms with Crippen molar-refractivity contribution in [3.63, 3.8) is 0 Å². The highest BCUT2D eigenvalue weighted by atomic mass is 16.5. The van der Waals surface area contributed by atoms with Gasteiger partial charge in [-0.2, -0.15) is 0 Å². The zero-order valence-electron chi connectivity index (χ0n) is 14.3. The molecule has 0 saturated carbocycles. The van der Waals surface area contributed by atoms with Crippen LogP contribution in [0.2, 0.25) is 0 Å². The molecule has 2 aromatic carbocycles. The highest BCUT2D eigenvalue weighted by Crippen LogP contribution is 2.17. The van der Waals surface area contributed by atoms with Crippen molar-refractivity contribution in [2.24, 2.45) is 0 Å². The number of esters is 1. The van der Waals surface area contributed by atoms with E-state index in [2.05, 4.69) is 19.2 Å². The van der Waals surface area contributed by atoms with E-state index in [1.807, 2.05) is 55.5 Å². The van der Waals surface area contributed by atoms with Gasteiger partial charge in [0.05, 0.1) is 6.42 Å². The average Bonchev–Trinajstić information content (AvgIpc) is 2.53. The standard InChI is InChI=1S/C20H23NO3/c1-14(2)17-7-9-18(10-8-17)21-19(22)13-24-20(23)12-16-6-4-5-15(3)11-16/h4-11,14H,12-13H2,1-3H3,(H,21,22). The molecule has 4 nitrogen and oxygen atoms in total. The first-order chi connectivity index (χ1) is 11.4. The summed E-state index contributed by atoms with van der Waals surface area (Å²) < 4.78 is 5.03. The van der Waals surface area contributed by atoms with Gasteiger partial charge in [-0.25, -0.2) is 0 Å². The summed E-state index contributed by atoms with van der Waals surface area (Å²) in [4.78, 5) is 23.7. The maximum atomic E-state index is 11.9. The van der Waals surface area contributed by atoms with E-state index in [1.54, 1.807) is 0 Å². The van der Waals surface area contributed by atoms with Crippen molar-refractivity contribution in [3.8, 4) is 0 Å². The fraction of sp³-hybridized carbons (Fsp3) is 0.300. The van der Waals surface area contributed by atoms with Crippen molar-refractivity contribution < 1.29 is 14.3 Å². The normalized spacial score (nSPS) is 10.5. The summed E-state index contributed by atoms with van der Waals surface area (Å²) in [7, 11) is 0. The molecule has 1 amide bonds. The lowest BCUT2D eigenvalue weighted by Gasteiger charge is -2.09. The highest BCUT2D eigenvalue weighted by molar-refractivity contribution is 5.92. The van der Waals surface area contributed by atoms with Gasteiger partial charge < -0.3 is 10.1 Å². The molecule has 126 valence electrons. The van der Waals surface area contributed by atoms with Crippen LogP contribution in [0, 0.1) is 6.92 Å². The molecule has 0 spiro atoms. The number of carbonyl (C=O) groups is 2. The number of hydrogen-bond donors (Lipinski definition) is 1. The van der Waals surface area contributed by atoms with Crippen LogP contribution in [0.25, 0.3) is 0 Å². The second-order valence-electron chi connectivity index (χ2n) is 6.15. The maximum absolute atomic E-state index is 11.9. The number of ether oxygens (including phenoxy) is 1. The minimum Gasteiger partial charge on any atom is -0.455 e. The SMILES string of the molecule is Cc1cccc(CC(=O)OCC(=O)Nc2ccc(C(C)C)cc2)c1. The van der Waals surface area contributed by atoms with Crippen molar-refractivity contribution in [2.75, 3.05) is 11.9 Å². The van der Waals surface area contributed by atoms with Crippen molar-refractivity contribution in [3.05, 3.63) is 65.2 Å². The van der Waals surface area contributed by atoms with Gasteiger partial charge in [-0.3, -0.25) is 9.59 Å². The molecule has 1 N–H and O–H groups in total. The molecule has 0 heterocycles. The van der Waals surface area contributed by atoms with Gasteiger partial charge in [-0.05, 0) is 36.1 Å². The van der Waals surface area contributed by atoms with Gasteiger partial charge in [0.2, 0.25) is 0 Å². The fourth-order valence-corrected chi connectivity index (χ4v) is 2.33. The Balaban J connectivity index is 1.79. The minimum absolute atomic E-state index is 0.165. The van der Waals surface area contributed by atoms with E-state index < -0.39 is 5.97 Å². The first-order valence-electron chi connectivity index (χ1n) is 8.05. The van der Waals surface area contributed by atoms with E-state index in [1.165, 1.54) is 5.56 Å². The molecular formula is C20H23NO3. The monoisotopic (exact) mass is 325 g/mol. The Morgan fingerprint density at radius 2 is 1.79 bits per heavy atom. The number of aryl methyl sites for hydroxylation is 1. The summed E-state index contributed by atoms with van der Waals surface area (Å²) in [6, 6.07) is 15.3. The number of benzene rings is 2. The van der Waals surface area contributed by atoms with Gasteiger partial charge in [0.15, 0.2) is 6.61 Å². The van der Waals surface area contributed by atoms with Crippen LogP contribution in [0.1, 0.15) is 36.5 Å². The lowest BCUT2D eigenvalue weighted by molar-refractivity contribution is -0.146. The first kappa shape index (κ1) is 17.7. The third-order valence-electron chi connectivity index (χ3n) is 3.66. The Bertz CT molecular complexity index is 705. The predicted molar refractivity (Wildman–Crippen MR) is 95.0 cm³/mol. The van der Waals surface area contributed by atoms with Crippen LogP contribution in [-0.2, 0) is 20.7 Å². The number of anilines is 1. The lowest BCUT2D eigenvalue weighted by Crippen LogP contribution is -2.21. The quantitative estimate of drug-likeness (QED) is 0.821. The Morgan fingerprint density at radius 3 is 2.42 bits per heavy atom. The number of hydrogen-bond acceptors (Lipinski definition) is 3. The molecule has 0 radical (unpaired) electrons. The summed E-state index contributed by atoms with van der Waals surface area (Å²) in [5, 5.41) is 2.72. The van der Waals surface area contributed by atoms with Crippen LogP contribution in [0.15, 0.2) is 48.5 Å². The molecule has 4 heteroatoms. The van der Waals surface area contributed by atoms with Crippen molar-refractivity contribution in [1.82, 2.24) is 0 Å². The van der Waals surface area contributed by atoms with Crippen LogP contribution in [0.3, 0.4) is 0 Å². The summed E-state index contributed by atoms with van der Waals surface area (Å²) in [5.41, 5.74) is 3.87. The zero-order chi connectivity index (χ0) is 17.5. The Hall–Kier alpha value is -2.62. The van der Waals surface area contributed by atoms with E-state index in [-0.39, 0.29) is 18.9 Å². The van der Waals surface area contributed by atoms with E-state index in [0.29, 0.717) is 11.6 Å². The van der Waals surface area contributed by atoms with Crippen LogP contribution in [-0.4, -0.2) is 18.5 Å². The van der Waals surface area contributed by atoms with Gasteiger partial charge in [-0.15, -0.1) is 0 Å².